The number of hydrogen-bond acceptors (Lipinski definition) is 1. The van der Waals surface area contributed by atoms with Crippen LogP contribution in [0.3, 0.4) is 0 Å². The van der Waals surface area contributed by atoms with Gasteiger partial charge in [0, 0.05) is 15.2 Å². The van der Waals surface area contributed by atoms with Crippen LogP contribution in [0.15, 0.2) is 155 Å². The van der Waals surface area contributed by atoms with E-state index in [9.17, 15) is 0 Å². The van der Waals surface area contributed by atoms with Crippen molar-refractivity contribution in [3.8, 4) is 33.4 Å². The van der Waals surface area contributed by atoms with Gasteiger partial charge in [-0.1, -0.05) is 139 Å². The van der Waals surface area contributed by atoms with Crippen molar-refractivity contribution in [1.82, 2.24) is 0 Å². The summed E-state index contributed by atoms with van der Waals surface area (Å²) in [5, 5.41) is 13.2. The second-order valence-corrected chi connectivity index (χ2v) is 12.7. The van der Waals surface area contributed by atoms with Gasteiger partial charge in [-0.25, -0.2) is 0 Å². The smallest absolute Gasteiger partial charge is 0.0207 e. The molecule has 0 N–H and O–H groups in total. The van der Waals surface area contributed by atoms with E-state index in [0.717, 1.165) is 0 Å². The van der Waals surface area contributed by atoms with Crippen LogP contribution in [0, 0.1) is 0 Å². The largest absolute Gasteiger partial charge is 0.0888 e. The molecular weight excluding hydrogens is 537 g/mol. The number of rotatable bonds is 2. The first-order valence-corrected chi connectivity index (χ1v) is 15.7. The summed E-state index contributed by atoms with van der Waals surface area (Å²) < 4.78 is 0. The highest BCUT2D eigenvalue weighted by Gasteiger charge is 2.21. The highest BCUT2D eigenvalue weighted by Crippen LogP contribution is 2.50. The summed E-state index contributed by atoms with van der Waals surface area (Å²) in [4.78, 5) is 2.67. The molecule has 1 heteroatoms. The van der Waals surface area contributed by atoms with Crippen molar-refractivity contribution >= 4 is 65.6 Å². The second kappa shape index (κ2) is 8.70. The van der Waals surface area contributed by atoms with Gasteiger partial charge in [-0.05, 0) is 100 Å². The third-order valence-electron chi connectivity index (χ3n) is 9.41. The fourth-order valence-corrected chi connectivity index (χ4v) is 8.62. The zero-order valence-electron chi connectivity index (χ0n) is 23.3. The Morgan fingerprint density at radius 3 is 1.86 bits per heavy atom. The van der Waals surface area contributed by atoms with Crippen LogP contribution in [0.1, 0.15) is 0 Å². The Labute approximate surface area is 253 Å². The van der Waals surface area contributed by atoms with E-state index in [1.807, 2.05) is 11.8 Å². The standard InChI is InChI=1S/C42H24S/c1-2-13-38-34(9-1)36-12-5-11-35-33(22-23-39(43-38)42(35)36)32-10-4-8-28-24-29(18-20-30(28)32)31-19-16-27-15-14-25-6-3-7-26-17-21-37(31)41(27)40(25)26/h1-24H. The summed E-state index contributed by atoms with van der Waals surface area (Å²) in [6.07, 6.45) is 0. The van der Waals surface area contributed by atoms with Gasteiger partial charge in [0.25, 0.3) is 0 Å². The predicted octanol–water partition coefficient (Wildman–Crippen LogP) is 12.4. The Morgan fingerprint density at radius 1 is 0.302 bits per heavy atom. The van der Waals surface area contributed by atoms with E-state index in [-0.39, 0.29) is 0 Å². The summed E-state index contributed by atoms with van der Waals surface area (Å²) in [6, 6.07) is 54.3. The van der Waals surface area contributed by atoms with Crippen LogP contribution in [0.25, 0.3) is 87.2 Å². The fourth-order valence-electron chi connectivity index (χ4n) is 7.49. The molecule has 1 aliphatic rings. The lowest BCUT2D eigenvalue weighted by atomic mass is 9.88. The summed E-state index contributed by atoms with van der Waals surface area (Å²) in [6.45, 7) is 0. The third kappa shape index (κ3) is 3.29. The van der Waals surface area contributed by atoms with Gasteiger partial charge in [0.2, 0.25) is 0 Å². The quantitative estimate of drug-likeness (QED) is 0.190. The number of fused-ring (bicyclic) bond motifs is 3. The normalized spacial score (nSPS) is 12.6. The molecule has 0 bridgehead atoms. The van der Waals surface area contributed by atoms with Crippen molar-refractivity contribution < 1.29 is 0 Å². The van der Waals surface area contributed by atoms with Gasteiger partial charge < -0.3 is 0 Å². The van der Waals surface area contributed by atoms with E-state index in [0.29, 0.717) is 0 Å². The molecule has 1 aliphatic heterocycles. The predicted molar refractivity (Wildman–Crippen MR) is 186 cm³/mol. The Balaban J connectivity index is 1.17. The summed E-state index contributed by atoms with van der Waals surface area (Å²) >= 11 is 1.89. The van der Waals surface area contributed by atoms with Crippen LogP contribution < -0.4 is 0 Å². The topological polar surface area (TPSA) is 0 Å². The minimum Gasteiger partial charge on any atom is -0.0888 e. The molecular formula is C42H24S. The van der Waals surface area contributed by atoms with Gasteiger partial charge in [-0.2, -0.15) is 0 Å². The van der Waals surface area contributed by atoms with Crippen LogP contribution >= 0.6 is 11.8 Å². The molecule has 10 rings (SSSR count). The lowest BCUT2D eigenvalue weighted by molar-refractivity contribution is 1.40. The molecule has 1 heterocycles. The Hall–Kier alpha value is -5.11. The second-order valence-electron chi connectivity index (χ2n) is 11.6. The van der Waals surface area contributed by atoms with Crippen LogP contribution in [0.4, 0.5) is 0 Å². The Morgan fingerprint density at radius 2 is 0.930 bits per heavy atom. The molecule has 0 atom stereocenters. The van der Waals surface area contributed by atoms with Crippen molar-refractivity contribution in [2.24, 2.45) is 0 Å². The molecule has 0 aliphatic carbocycles. The molecule has 0 saturated heterocycles. The van der Waals surface area contributed by atoms with E-state index in [2.05, 4.69) is 146 Å². The average Bonchev–Trinajstić information content (AvgIpc) is 3.07. The zero-order valence-corrected chi connectivity index (χ0v) is 24.1. The van der Waals surface area contributed by atoms with Crippen molar-refractivity contribution in [2.45, 2.75) is 9.79 Å². The molecule has 0 saturated carbocycles. The first kappa shape index (κ1) is 23.5. The average molecular weight is 561 g/mol. The molecule has 0 amide bonds. The van der Waals surface area contributed by atoms with Gasteiger partial charge in [0.15, 0.2) is 0 Å². The minimum atomic E-state index is 1.26. The minimum absolute atomic E-state index is 1.26. The van der Waals surface area contributed by atoms with Crippen molar-refractivity contribution in [1.29, 1.82) is 0 Å². The molecule has 198 valence electrons. The van der Waals surface area contributed by atoms with Gasteiger partial charge in [-0.15, -0.1) is 0 Å². The van der Waals surface area contributed by atoms with Crippen LogP contribution in [0.5, 0.6) is 0 Å². The summed E-state index contributed by atoms with van der Waals surface area (Å²) in [5.74, 6) is 0. The monoisotopic (exact) mass is 560 g/mol. The first-order chi connectivity index (χ1) is 21.3. The molecule has 0 aromatic heterocycles. The van der Waals surface area contributed by atoms with Gasteiger partial charge in [0.05, 0.1) is 0 Å². The van der Waals surface area contributed by atoms with Crippen molar-refractivity contribution in [3.63, 3.8) is 0 Å². The summed E-state index contributed by atoms with van der Waals surface area (Å²) in [5.41, 5.74) is 7.79. The fraction of sp³-hybridized carbons (Fsp3) is 0. The van der Waals surface area contributed by atoms with Crippen molar-refractivity contribution in [2.75, 3.05) is 0 Å². The van der Waals surface area contributed by atoms with E-state index >= 15 is 0 Å². The number of hydrogen-bond donors (Lipinski definition) is 0. The Bertz CT molecular complexity index is 2570. The maximum absolute atomic E-state index is 2.38. The van der Waals surface area contributed by atoms with Crippen LogP contribution in [-0.2, 0) is 0 Å². The molecule has 0 spiro atoms. The molecule has 9 aromatic rings. The molecule has 43 heavy (non-hydrogen) atoms. The van der Waals surface area contributed by atoms with E-state index in [1.54, 1.807) is 0 Å². The van der Waals surface area contributed by atoms with Crippen LogP contribution in [-0.4, -0.2) is 0 Å². The lowest BCUT2D eigenvalue weighted by Gasteiger charge is -2.22. The highest BCUT2D eigenvalue weighted by molar-refractivity contribution is 7.99. The van der Waals surface area contributed by atoms with Crippen LogP contribution in [0.2, 0.25) is 0 Å². The van der Waals surface area contributed by atoms with E-state index in [4.69, 9.17) is 0 Å². The Kier molecular flexibility index (Phi) is 4.75. The third-order valence-corrected chi connectivity index (χ3v) is 10.5. The SMILES string of the molecule is c1ccc2c(c1)Sc1ccc(-c3cccc4cc(-c5ccc6ccc7cccc8ccc5c6c78)ccc34)c3cccc-2c13. The molecule has 0 radical (unpaired) electrons. The zero-order chi connectivity index (χ0) is 28.1. The van der Waals surface area contributed by atoms with Gasteiger partial charge in [-0.3, -0.25) is 0 Å². The van der Waals surface area contributed by atoms with E-state index < -0.39 is 0 Å². The highest BCUT2D eigenvalue weighted by atomic mass is 32.2. The molecule has 0 nitrogen and oxygen atoms in total. The maximum Gasteiger partial charge on any atom is 0.0207 e. The van der Waals surface area contributed by atoms with Crippen molar-refractivity contribution in [3.05, 3.63) is 146 Å². The van der Waals surface area contributed by atoms with E-state index in [1.165, 1.54) is 97.0 Å². The first-order valence-electron chi connectivity index (χ1n) is 14.8. The maximum atomic E-state index is 2.38. The molecule has 9 aromatic carbocycles. The number of benzene rings is 9. The van der Waals surface area contributed by atoms with Gasteiger partial charge in [0.1, 0.15) is 0 Å². The summed E-state index contributed by atoms with van der Waals surface area (Å²) in [7, 11) is 0. The molecule has 0 fully saturated rings. The van der Waals surface area contributed by atoms with Gasteiger partial charge >= 0.3 is 0 Å². The molecule has 0 unspecified atom stereocenters. The lowest BCUT2D eigenvalue weighted by Crippen LogP contribution is -1.94.